The normalized spacial score (nSPS) is 20.4. The van der Waals surface area contributed by atoms with Gasteiger partial charge in [-0.2, -0.15) is 0 Å². The van der Waals surface area contributed by atoms with Gasteiger partial charge in [-0.25, -0.2) is 18.4 Å². The third kappa shape index (κ3) is 4.18. The summed E-state index contributed by atoms with van der Waals surface area (Å²) in [6.07, 6.45) is 6.25. The molecule has 3 aliphatic heterocycles. The molecule has 0 aliphatic carbocycles. The molecule has 0 radical (unpaired) electrons. The van der Waals surface area contributed by atoms with Crippen molar-refractivity contribution in [3.63, 3.8) is 0 Å². The van der Waals surface area contributed by atoms with E-state index in [2.05, 4.69) is 38.5 Å². The summed E-state index contributed by atoms with van der Waals surface area (Å²) in [6, 6.07) is 9.82. The summed E-state index contributed by atoms with van der Waals surface area (Å²) < 4.78 is 30.2. The average molecular weight is 492 g/mol. The highest BCUT2D eigenvalue weighted by atomic mass is 32.2. The highest BCUT2D eigenvalue weighted by Crippen LogP contribution is 2.37. The van der Waals surface area contributed by atoms with Crippen LogP contribution in [-0.2, 0) is 22.8 Å². The van der Waals surface area contributed by atoms with Crippen molar-refractivity contribution in [3.05, 3.63) is 65.0 Å². The molecule has 0 spiro atoms. The van der Waals surface area contributed by atoms with Gasteiger partial charge in [-0.1, -0.05) is 12.1 Å². The molecule has 2 aromatic heterocycles. The molecule has 1 aromatic carbocycles. The number of pyridine rings is 2. The number of hydrogen-bond donors (Lipinski definition) is 2. The number of benzene rings is 1. The Morgan fingerprint density at radius 1 is 1.14 bits per heavy atom. The van der Waals surface area contributed by atoms with Gasteiger partial charge in [-0.15, -0.1) is 0 Å². The predicted octanol–water partition coefficient (Wildman–Crippen LogP) is 4.15. The molecule has 2 N–H and O–H groups in total. The number of rotatable bonds is 4. The van der Waals surface area contributed by atoms with Crippen LogP contribution in [0.25, 0.3) is 0 Å². The number of sulfone groups is 1. The largest absolute Gasteiger partial charge is 0.474 e. The lowest BCUT2D eigenvalue weighted by Gasteiger charge is -2.33. The summed E-state index contributed by atoms with van der Waals surface area (Å²) in [4.78, 5) is 11.5. The van der Waals surface area contributed by atoms with Crippen LogP contribution in [0, 0.1) is 6.92 Å². The first kappa shape index (κ1) is 22.2. The molecule has 6 rings (SSSR count). The van der Waals surface area contributed by atoms with Gasteiger partial charge >= 0.3 is 0 Å². The van der Waals surface area contributed by atoms with Gasteiger partial charge in [-0.3, -0.25) is 0 Å². The first-order chi connectivity index (χ1) is 17.0. The number of nitrogens with one attached hydrogen (secondary N) is 2. The molecule has 0 unspecified atom stereocenters. The maximum Gasteiger partial charge on any atom is 0.237 e. The van der Waals surface area contributed by atoms with E-state index >= 15 is 0 Å². The first-order valence-electron chi connectivity index (χ1n) is 12.2. The van der Waals surface area contributed by atoms with E-state index in [-0.39, 0.29) is 5.25 Å². The van der Waals surface area contributed by atoms with Gasteiger partial charge in [0, 0.05) is 37.1 Å². The van der Waals surface area contributed by atoms with Gasteiger partial charge < -0.3 is 20.3 Å². The predicted molar refractivity (Wildman–Crippen MR) is 137 cm³/mol. The molecule has 1 saturated heterocycles. The topological polar surface area (TPSA) is 96.5 Å². The molecule has 0 amide bonds. The zero-order valence-corrected chi connectivity index (χ0v) is 20.6. The van der Waals surface area contributed by atoms with Crippen LogP contribution >= 0.6 is 0 Å². The Bertz CT molecular complexity index is 1370. The molecule has 182 valence electrons. The van der Waals surface area contributed by atoms with Gasteiger partial charge in [0.1, 0.15) is 18.1 Å². The van der Waals surface area contributed by atoms with E-state index in [1.54, 1.807) is 0 Å². The molecule has 0 saturated carbocycles. The first-order valence-corrected chi connectivity index (χ1v) is 13.9. The fraction of sp³-hybridized carbons (Fsp3) is 0.385. The number of ether oxygens (including phenoxy) is 1. The van der Waals surface area contributed by atoms with E-state index in [1.165, 1.54) is 11.1 Å². The molecular formula is C26H29N5O3S. The van der Waals surface area contributed by atoms with E-state index in [9.17, 15) is 8.42 Å². The Hall–Kier alpha value is -3.33. The summed E-state index contributed by atoms with van der Waals surface area (Å²) in [7, 11) is -3.01. The van der Waals surface area contributed by atoms with Crippen molar-refractivity contribution in [1.82, 2.24) is 9.97 Å². The highest BCUT2D eigenvalue weighted by molar-refractivity contribution is 7.91. The van der Waals surface area contributed by atoms with Crippen molar-refractivity contribution in [3.8, 4) is 5.88 Å². The Morgan fingerprint density at radius 2 is 2.00 bits per heavy atom. The number of aromatic nitrogens is 2. The van der Waals surface area contributed by atoms with Crippen molar-refractivity contribution < 1.29 is 13.2 Å². The van der Waals surface area contributed by atoms with Gasteiger partial charge in [-0.05, 0) is 61.1 Å². The fourth-order valence-corrected chi connectivity index (χ4v) is 7.29. The second kappa shape index (κ2) is 8.71. The molecule has 5 heterocycles. The molecule has 3 aromatic rings. The van der Waals surface area contributed by atoms with E-state index in [4.69, 9.17) is 4.74 Å². The second-order valence-electron chi connectivity index (χ2n) is 9.48. The lowest BCUT2D eigenvalue weighted by Crippen LogP contribution is -2.32. The van der Waals surface area contributed by atoms with Crippen LogP contribution in [0.5, 0.6) is 5.88 Å². The van der Waals surface area contributed by atoms with Crippen LogP contribution < -0.4 is 20.3 Å². The van der Waals surface area contributed by atoms with Crippen LogP contribution in [0.1, 0.15) is 40.3 Å². The Kier molecular flexibility index (Phi) is 5.51. The van der Waals surface area contributed by atoms with Gasteiger partial charge in [0.2, 0.25) is 5.88 Å². The number of fused-ring (bicyclic) bond motifs is 2. The quantitative estimate of drug-likeness (QED) is 0.562. The van der Waals surface area contributed by atoms with Crippen molar-refractivity contribution in [2.24, 2.45) is 0 Å². The average Bonchev–Trinajstić information content (AvgIpc) is 3.23. The van der Waals surface area contributed by atoms with E-state index in [1.807, 2.05) is 36.7 Å². The number of anilines is 4. The van der Waals surface area contributed by atoms with Crippen LogP contribution in [-0.4, -0.2) is 43.8 Å². The summed E-state index contributed by atoms with van der Waals surface area (Å²) in [6.45, 7) is 5.25. The third-order valence-electron chi connectivity index (χ3n) is 7.24. The Morgan fingerprint density at radius 3 is 2.80 bits per heavy atom. The Balaban J connectivity index is 1.19. The zero-order valence-electron chi connectivity index (χ0n) is 19.8. The van der Waals surface area contributed by atoms with Crippen molar-refractivity contribution in [1.29, 1.82) is 0 Å². The summed E-state index contributed by atoms with van der Waals surface area (Å²) in [5, 5.41) is 6.44. The lowest BCUT2D eigenvalue weighted by molar-refractivity contribution is 0.310. The van der Waals surface area contributed by atoms with Crippen LogP contribution in [0.2, 0.25) is 0 Å². The molecule has 3 aliphatic rings. The Labute approximate surface area is 205 Å². The minimum atomic E-state index is -3.01. The van der Waals surface area contributed by atoms with Crippen molar-refractivity contribution in [2.45, 2.75) is 38.0 Å². The standard InChI is InChI=1S/C26H29N5O3S/c1-17-22(15-29-26-25(17)27-9-11-34-26)31-10-8-19-14-28-24(13-20(19)16-31)30-21-6-4-18(5-7-21)23-3-2-12-35(23,32)33/h4-7,13-15,23,27H,2-3,8-12,16H2,1H3,(H,28,30)/t23-/m1/s1. The molecule has 0 bridgehead atoms. The van der Waals surface area contributed by atoms with Gasteiger partial charge in [0.25, 0.3) is 0 Å². The smallest absolute Gasteiger partial charge is 0.237 e. The maximum atomic E-state index is 12.3. The van der Waals surface area contributed by atoms with E-state index < -0.39 is 9.84 Å². The summed E-state index contributed by atoms with van der Waals surface area (Å²) >= 11 is 0. The monoisotopic (exact) mass is 491 g/mol. The number of nitrogens with zero attached hydrogens (tertiary/aromatic N) is 3. The minimum absolute atomic E-state index is 0.291. The van der Waals surface area contributed by atoms with E-state index in [0.29, 0.717) is 24.7 Å². The summed E-state index contributed by atoms with van der Waals surface area (Å²) in [5.74, 6) is 1.75. The van der Waals surface area contributed by atoms with Crippen LogP contribution in [0.4, 0.5) is 22.9 Å². The van der Waals surface area contributed by atoms with Gasteiger partial charge in [0.15, 0.2) is 9.84 Å². The third-order valence-corrected chi connectivity index (χ3v) is 9.47. The molecule has 1 atom stereocenters. The number of hydrogen-bond acceptors (Lipinski definition) is 8. The van der Waals surface area contributed by atoms with Crippen molar-refractivity contribution >= 4 is 32.7 Å². The lowest BCUT2D eigenvalue weighted by atomic mass is 10.0. The van der Waals surface area contributed by atoms with Crippen LogP contribution in [0.15, 0.2) is 42.7 Å². The van der Waals surface area contributed by atoms with Crippen molar-refractivity contribution in [2.75, 3.05) is 41.0 Å². The molecule has 8 nitrogen and oxygen atoms in total. The summed E-state index contributed by atoms with van der Waals surface area (Å²) in [5.41, 5.74) is 7.54. The molecule has 1 fully saturated rings. The molecule has 9 heteroatoms. The fourth-order valence-electron chi connectivity index (χ4n) is 5.34. The molecule has 35 heavy (non-hydrogen) atoms. The zero-order chi connectivity index (χ0) is 24.0. The van der Waals surface area contributed by atoms with Gasteiger partial charge in [0.05, 0.1) is 22.9 Å². The highest BCUT2D eigenvalue weighted by Gasteiger charge is 2.32. The minimum Gasteiger partial charge on any atom is -0.474 e. The maximum absolute atomic E-state index is 12.3. The SMILES string of the molecule is Cc1c(N2CCc3cnc(Nc4ccc([C@H]5CCCS5(=O)=O)cc4)cc3C2)cnc2c1NCCO2. The second-order valence-corrected chi connectivity index (χ2v) is 11.8. The molecular weight excluding hydrogens is 462 g/mol. The van der Waals surface area contributed by atoms with E-state index in [0.717, 1.165) is 66.5 Å². The van der Waals surface area contributed by atoms with Crippen LogP contribution in [0.3, 0.4) is 0 Å².